The third-order valence-electron chi connectivity index (χ3n) is 8.08. The Morgan fingerprint density at radius 3 is 2.58 bits per heavy atom. The average molecular weight is 497 g/mol. The minimum Gasteiger partial charge on any atom is -0.497 e. The molecule has 2 fully saturated rings. The van der Waals surface area contributed by atoms with Crippen LogP contribution in [0, 0.1) is 17.8 Å². The molecule has 36 heavy (non-hydrogen) atoms. The predicted molar refractivity (Wildman–Crippen MR) is 130 cm³/mol. The molecule has 0 radical (unpaired) electrons. The van der Waals surface area contributed by atoms with Crippen molar-refractivity contribution in [1.82, 2.24) is 4.90 Å². The third-order valence-corrected chi connectivity index (χ3v) is 8.08. The number of aliphatic hydroxyl groups excluding tert-OH is 1. The highest BCUT2D eigenvalue weighted by Gasteiger charge is 2.72. The number of ether oxygens (including phenoxy) is 3. The number of carbonyl (C=O) groups excluding carboxylic acids is 3. The minimum absolute atomic E-state index is 0.0823. The van der Waals surface area contributed by atoms with Crippen LogP contribution in [0.4, 0.5) is 5.69 Å². The number of amides is 2. The maximum absolute atomic E-state index is 14.3. The number of fused-ring (bicyclic) bond motifs is 2. The van der Waals surface area contributed by atoms with Gasteiger partial charge in [-0.05, 0) is 36.3 Å². The van der Waals surface area contributed by atoms with Gasteiger partial charge in [0.2, 0.25) is 5.91 Å². The standard InChI is InChI=1S/C27H32N2O7/c1-4-16(2)19(15-30)29-23-25(32)28(17-8-10-18(34-3)11-9-17)13-6-12-27(23)22(24(29)31)21-20(36-27)7-5-14-35-26(21)33/h5-12,16,19-23,30H,4,13-15H2,1-3H3/t16-,19-,20-,21+,22-,23?,27-/m0/s1. The molecular weight excluding hydrogens is 464 g/mol. The molecule has 5 rings (SSSR count). The summed E-state index contributed by atoms with van der Waals surface area (Å²) in [6.07, 6.45) is 7.08. The molecule has 2 amide bonds. The smallest absolute Gasteiger partial charge is 0.313 e. The fourth-order valence-corrected chi connectivity index (χ4v) is 6.07. The zero-order valence-electron chi connectivity index (χ0n) is 20.7. The van der Waals surface area contributed by atoms with Crippen molar-refractivity contribution in [2.24, 2.45) is 17.8 Å². The lowest BCUT2D eigenvalue weighted by Gasteiger charge is -2.40. The summed E-state index contributed by atoms with van der Waals surface area (Å²) < 4.78 is 17.1. The Morgan fingerprint density at radius 2 is 1.92 bits per heavy atom. The fourth-order valence-electron chi connectivity index (χ4n) is 6.07. The summed E-state index contributed by atoms with van der Waals surface area (Å²) in [6.45, 7) is 3.99. The molecule has 1 aromatic carbocycles. The highest BCUT2D eigenvalue weighted by atomic mass is 16.6. The zero-order chi connectivity index (χ0) is 25.6. The van der Waals surface area contributed by atoms with Crippen LogP contribution >= 0.6 is 0 Å². The number of methoxy groups -OCH3 is 1. The first-order valence-electron chi connectivity index (χ1n) is 12.4. The molecule has 4 aliphatic rings. The van der Waals surface area contributed by atoms with Crippen LogP contribution < -0.4 is 9.64 Å². The number of nitrogens with zero attached hydrogens (tertiary/aromatic N) is 2. The first-order chi connectivity index (χ1) is 17.4. The lowest BCUT2D eigenvalue weighted by molar-refractivity contribution is -0.154. The number of benzene rings is 1. The van der Waals surface area contributed by atoms with Crippen molar-refractivity contribution >= 4 is 23.5 Å². The second-order valence-corrected chi connectivity index (χ2v) is 9.83. The number of esters is 1. The Labute approximate surface area is 210 Å². The first-order valence-corrected chi connectivity index (χ1v) is 12.4. The number of hydrogen-bond acceptors (Lipinski definition) is 7. The van der Waals surface area contributed by atoms with Crippen molar-refractivity contribution < 1.29 is 33.7 Å². The highest BCUT2D eigenvalue weighted by molar-refractivity contribution is 6.05. The van der Waals surface area contributed by atoms with Gasteiger partial charge in [0, 0.05) is 12.2 Å². The first kappa shape index (κ1) is 24.5. The van der Waals surface area contributed by atoms with Crippen molar-refractivity contribution in [2.75, 3.05) is 31.8 Å². The van der Waals surface area contributed by atoms with Gasteiger partial charge in [0.25, 0.3) is 5.91 Å². The van der Waals surface area contributed by atoms with Crippen molar-refractivity contribution in [3.63, 3.8) is 0 Å². The van der Waals surface area contributed by atoms with Crippen LogP contribution in [0.25, 0.3) is 0 Å². The van der Waals surface area contributed by atoms with Crippen LogP contribution in [0.3, 0.4) is 0 Å². The van der Waals surface area contributed by atoms with Gasteiger partial charge in [0.1, 0.15) is 29.9 Å². The van der Waals surface area contributed by atoms with E-state index in [1.807, 2.05) is 19.9 Å². The normalized spacial score (nSPS) is 32.8. The Morgan fingerprint density at radius 1 is 1.17 bits per heavy atom. The number of rotatable bonds is 6. The van der Waals surface area contributed by atoms with Crippen molar-refractivity contribution in [2.45, 2.75) is 44.1 Å². The molecule has 9 heteroatoms. The molecule has 0 saturated carbocycles. The van der Waals surface area contributed by atoms with Gasteiger partial charge in [-0.25, -0.2) is 0 Å². The van der Waals surface area contributed by atoms with Gasteiger partial charge in [-0.2, -0.15) is 0 Å². The molecule has 2 saturated heterocycles. The predicted octanol–water partition coefficient (Wildman–Crippen LogP) is 1.70. The second kappa shape index (κ2) is 9.37. The van der Waals surface area contributed by atoms with E-state index >= 15 is 0 Å². The Hall–Kier alpha value is -3.17. The maximum atomic E-state index is 14.3. The molecule has 1 unspecified atom stereocenters. The van der Waals surface area contributed by atoms with Gasteiger partial charge in [-0.1, -0.05) is 38.5 Å². The van der Waals surface area contributed by atoms with E-state index in [0.29, 0.717) is 17.9 Å². The van der Waals surface area contributed by atoms with E-state index in [1.165, 1.54) is 4.90 Å². The number of anilines is 1. The molecule has 1 spiro atoms. The van der Waals surface area contributed by atoms with Crippen molar-refractivity contribution in [3.05, 3.63) is 48.6 Å². The quantitative estimate of drug-likeness (QED) is 0.472. The van der Waals surface area contributed by atoms with E-state index in [2.05, 4.69) is 0 Å². The molecular formula is C27H32N2O7. The van der Waals surface area contributed by atoms with Crippen molar-refractivity contribution in [1.29, 1.82) is 0 Å². The largest absolute Gasteiger partial charge is 0.497 e. The summed E-state index contributed by atoms with van der Waals surface area (Å²) in [5.41, 5.74) is -0.708. The van der Waals surface area contributed by atoms with Crippen LogP contribution in [0.2, 0.25) is 0 Å². The Balaban J connectivity index is 1.64. The Bertz CT molecular complexity index is 1100. The molecule has 9 nitrogen and oxygen atoms in total. The van der Waals surface area contributed by atoms with E-state index in [-0.39, 0.29) is 37.5 Å². The molecule has 0 aromatic heterocycles. The van der Waals surface area contributed by atoms with Gasteiger partial charge < -0.3 is 29.1 Å². The van der Waals surface area contributed by atoms with Gasteiger partial charge in [-0.15, -0.1) is 0 Å². The second-order valence-electron chi connectivity index (χ2n) is 9.83. The average Bonchev–Trinajstić information content (AvgIpc) is 3.19. The van der Waals surface area contributed by atoms with E-state index < -0.39 is 41.6 Å². The van der Waals surface area contributed by atoms with Crippen LogP contribution in [0.15, 0.2) is 48.6 Å². The minimum atomic E-state index is -1.35. The number of likely N-dealkylation sites (tertiary alicyclic amines) is 1. The summed E-state index contributed by atoms with van der Waals surface area (Å²) >= 11 is 0. The van der Waals surface area contributed by atoms with Gasteiger partial charge >= 0.3 is 5.97 Å². The van der Waals surface area contributed by atoms with Gasteiger partial charge in [-0.3, -0.25) is 14.4 Å². The summed E-state index contributed by atoms with van der Waals surface area (Å²) in [7, 11) is 1.57. The van der Waals surface area contributed by atoms with E-state index in [0.717, 1.165) is 0 Å². The highest BCUT2D eigenvalue weighted by Crippen LogP contribution is 2.54. The van der Waals surface area contributed by atoms with Gasteiger partial charge in [0.05, 0.1) is 31.8 Å². The van der Waals surface area contributed by atoms with Crippen molar-refractivity contribution in [3.8, 4) is 5.75 Å². The molecule has 4 aliphatic heterocycles. The summed E-state index contributed by atoms with van der Waals surface area (Å²) in [5.74, 6) is -2.43. The molecule has 0 bridgehead atoms. The molecule has 1 N–H and O–H groups in total. The van der Waals surface area contributed by atoms with Gasteiger partial charge in [0.15, 0.2) is 0 Å². The third kappa shape index (κ3) is 3.56. The summed E-state index contributed by atoms with van der Waals surface area (Å²) in [6, 6.07) is 5.47. The lowest BCUT2D eigenvalue weighted by atomic mass is 9.78. The van der Waals surface area contributed by atoms with Crippen LogP contribution in [-0.4, -0.2) is 78.4 Å². The van der Waals surface area contributed by atoms with Crippen LogP contribution in [0.5, 0.6) is 5.75 Å². The lowest BCUT2D eigenvalue weighted by Crippen LogP contribution is -2.59. The monoisotopic (exact) mass is 496 g/mol. The Kier molecular flexibility index (Phi) is 6.38. The maximum Gasteiger partial charge on any atom is 0.313 e. The van der Waals surface area contributed by atoms with E-state index in [1.54, 1.807) is 54.5 Å². The number of hydrogen-bond donors (Lipinski definition) is 1. The molecule has 192 valence electrons. The fraction of sp³-hybridized carbons (Fsp3) is 0.519. The van der Waals surface area contributed by atoms with Crippen LogP contribution in [0.1, 0.15) is 20.3 Å². The number of carbonyl (C=O) groups is 3. The molecule has 7 atom stereocenters. The topological polar surface area (TPSA) is 106 Å². The number of cyclic esters (lactones) is 1. The summed E-state index contributed by atoms with van der Waals surface area (Å²) in [5, 5.41) is 10.4. The van der Waals surface area contributed by atoms with E-state index in [4.69, 9.17) is 14.2 Å². The number of aliphatic hydroxyl groups is 1. The summed E-state index contributed by atoms with van der Waals surface area (Å²) in [4.78, 5) is 44.6. The SMILES string of the molecule is CC[C@H](C)[C@H](CO)N1C(=O)[C@@H]2[C@@H]3C(=O)OCC=C[C@@H]3O[C@@]23C=CCN(c2ccc(OC)cc2)C(=O)C13. The van der Waals surface area contributed by atoms with E-state index in [9.17, 15) is 19.5 Å². The molecule has 4 heterocycles. The molecule has 0 aliphatic carbocycles. The zero-order valence-corrected chi connectivity index (χ0v) is 20.7. The van der Waals surface area contributed by atoms with Crippen LogP contribution in [-0.2, 0) is 23.9 Å². The molecule has 1 aromatic rings.